The van der Waals surface area contributed by atoms with E-state index in [2.05, 4.69) is 0 Å². The number of hydroxylamine groups is 6. The van der Waals surface area contributed by atoms with Gasteiger partial charge in [-0.05, 0) is 67.5 Å². The molecular weight excluding hydrogens is 424 g/mol. The molecular formula is C20H26N4O4S2. The topological polar surface area (TPSA) is 98.4 Å². The lowest BCUT2D eigenvalue weighted by atomic mass is 9.84. The number of thiophene rings is 2. The Balaban J connectivity index is 1.79. The van der Waals surface area contributed by atoms with Gasteiger partial charge in [0.05, 0.1) is 4.01 Å². The van der Waals surface area contributed by atoms with Crippen LogP contribution >= 0.6 is 22.7 Å². The van der Waals surface area contributed by atoms with E-state index >= 15 is 0 Å². The van der Waals surface area contributed by atoms with E-state index in [0.717, 1.165) is 29.0 Å². The fraction of sp³-hybridized carbons (Fsp3) is 0.600. The van der Waals surface area contributed by atoms with Gasteiger partial charge in [-0.15, -0.1) is 22.7 Å². The van der Waals surface area contributed by atoms with Gasteiger partial charge >= 0.3 is 11.7 Å². The lowest BCUT2D eigenvalue weighted by molar-refractivity contribution is -0.539. The molecule has 2 aromatic rings. The van der Waals surface area contributed by atoms with Crippen LogP contribution in [0.15, 0.2) is 12.1 Å². The number of nitrogens with zero attached hydrogens (tertiary/aromatic N) is 4. The van der Waals surface area contributed by atoms with Crippen LogP contribution in [0.3, 0.4) is 0 Å². The van der Waals surface area contributed by atoms with Gasteiger partial charge in [-0.25, -0.2) is 0 Å². The van der Waals surface area contributed by atoms with Gasteiger partial charge in [0, 0.05) is 15.8 Å². The molecule has 0 amide bonds. The van der Waals surface area contributed by atoms with Crippen molar-refractivity contribution < 1.29 is 19.9 Å². The molecule has 2 aliphatic rings. The van der Waals surface area contributed by atoms with Crippen molar-refractivity contribution in [3.63, 3.8) is 0 Å². The molecule has 0 saturated carbocycles. The van der Waals surface area contributed by atoms with Crippen molar-refractivity contribution >= 4 is 43.7 Å². The van der Waals surface area contributed by atoms with Gasteiger partial charge in [0.1, 0.15) is 20.8 Å². The summed E-state index contributed by atoms with van der Waals surface area (Å²) in [6.45, 7) is 14.1. The van der Waals surface area contributed by atoms with Crippen molar-refractivity contribution in [3.05, 3.63) is 32.3 Å². The molecule has 0 N–H and O–H groups in total. The van der Waals surface area contributed by atoms with Gasteiger partial charge in [-0.2, -0.15) is 0 Å². The van der Waals surface area contributed by atoms with Gasteiger partial charge < -0.3 is 10.4 Å². The summed E-state index contributed by atoms with van der Waals surface area (Å²) >= 11 is 2.66. The third kappa shape index (κ3) is 2.33. The Labute approximate surface area is 183 Å². The molecule has 0 saturated heterocycles. The zero-order chi connectivity index (χ0) is 22.6. The highest BCUT2D eigenvalue weighted by molar-refractivity contribution is 7.39. The summed E-state index contributed by atoms with van der Waals surface area (Å²) in [7, 11) is 0. The number of hydrogen-bond acceptors (Lipinski definition) is 6. The zero-order valence-electron chi connectivity index (χ0n) is 18.4. The van der Waals surface area contributed by atoms with Crippen LogP contribution in [0.5, 0.6) is 0 Å². The first-order chi connectivity index (χ1) is 13.6. The first-order valence-electron chi connectivity index (χ1n) is 9.74. The Hall–Kier alpha value is -1.88. The predicted octanol–water partition coefficient (Wildman–Crippen LogP) is 3.91. The number of hydrogen-bond donors (Lipinski definition) is 0. The number of amidine groups is 2. The molecule has 30 heavy (non-hydrogen) atoms. The summed E-state index contributed by atoms with van der Waals surface area (Å²) in [5.74, 6) is 0.207. The van der Waals surface area contributed by atoms with Crippen LogP contribution in [0, 0.1) is 10.4 Å². The van der Waals surface area contributed by atoms with Crippen LogP contribution in [-0.2, 0) is 10.4 Å². The van der Waals surface area contributed by atoms with Gasteiger partial charge in [0.15, 0.2) is 11.1 Å². The molecule has 2 aromatic heterocycles. The highest BCUT2D eigenvalue weighted by atomic mass is 32.2. The molecule has 2 aliphatic heterocycles. The summed E-state index contributed by atoms with van der Waals surface area (Å²) < 4.78 is 2.45. The maximum Gasteiger partial charge on any atom is 0.326 e. The van der Waals surface area contributed by atoms with E-state index in [9.17, 15) is 20.8 Å². The molecule has 4 heterocycles. The Morgan fingerprint density at radius 2 is 1.07 bits per heavy atom. The van der Waals surface area contributed by atoms with Crippen LogP contribution < -0.4 is 0 Å². The van der Waals surface area contributed by atoms with Gasteiger partial charge in [0.2, 0.25) is 0 Å². The summed E-state index contributed by atoms with van der Waals surface area (Å²) in [6.07, 6.45) is 0. The molecule has 8 nitrogen and oxygen atoms in total. The molecule has 0 spiro atoms. The highest BCUT2D eigenvalue weighted by Gasteiger charge is 2.61. The Bertz CT molecular complexity index is 1010. The maximum atomic E-state index is 12.9. The molecule has 0 fully saturated rings. The summed E-state index contributed by atoms with van der Waals surface area (Å²) in [6, 6.07) is 3.58. The second-order valence-electron chi connectivity index (χ2n) is 10.0. The van der Waals surface area contributed by atoms with Crippen LogP contribution in [0.2, 0.25) is 0 Å². The van der Waals surface area contributed by atoms with Crippen molar-refractivity contribution in [1.82, 2.24) is 10.1 Å². The minimum Gasteiger partial charge on any atom is -0.714 e. The predicted molar refractivity (Wildman–Crippen MR) is 117 cm³/mol. The lowest BCUT2D eigenvalue weighted by Crippen LogP contribution is -2.53. The molecule has 0 atom stereocenters. The van der Waals surface area contributed by atoms with Gasteiger partial charge in [-0.1, -0.05) is 10.1 Å². The largest absolute Gasteiger partial charge is 0.714 e. The van der Waals surface area contributed by atoms with Crippen molar-refractivity contribution in [2.75, 3.05) is 0 Å². The van der Waals surface area contributed by atoms with Crippen molar-refractivity contribution in [2.24, 2.45) is 0 Å². The lowest BCUT2D eigenvalue weighted by Gasteiger charge is -2.32. The van der Waals surface area contributed by atoms with Crippen molar-refractivity contribution in [2.45, 2.75) is 77.5 Å². The standard InChI is InChI=1S/C20H26N4O4S2/c1-17(2)18(3,4)22(26)14(21(17)25)12-9-11-10-13(30-16(11)29-12)15-23(27)19(5,6)20(7,8)24(15)28/h9-10H,1-8H3. The first-order valence-corrected chi connectivity index (χ1v) is 11.4. The third-order valence-corrected chi connectivity index (χ3v) is 9.83. The van der Waals surface area contributed by atoms with Crippen LogP contribution in [0.25, 0.3) is 9.40 Å². The van der Waals surface area contributed by atoms with Crippen LogP contribution in [-0.4, -0.2) is 53.4 Å². The average molecular weight is 451 g/mol. The highest BCUT2D eigenvalue weighted by Crippen LogP contribution is 2.43. The van der Waals surface area contributed by atoms with Crippen molar-refractivity contribution in [3.8, 4) is 0 Å². The molecule has 162 valence electrons. The van der Waals surface area contributed by atoms with E-state index in [-0.39, 0.29) is 11.7 Å². The molecule has 0 aliphatic carbocycles. The average Bonchev–Trinajstić information content (AvgIpc) is 3.24. The van der Waals surface area contributed by atoms with E-state index in [1.165, 1.54) is 22.7 Å². The fourth-order valence-electron chi connectivity index (χ4n) is 3.68. The van der Waals surface area contributed by atoms with E-state index in [1.807, 2.05) is 0 Å². The molecule has 0 bridgehead atoms. The number of rotatable bonds is 2. The van der Waals surface area contributed by atoms with Crippen molar-refractivity contribution in [1.29, 1.82) is 0 Å². The SMILES string of the molecule is CC1(C)N([O])C(c2cc3cc(C4=[N+]([O-])C(C)(C)C(C)(C)N4[O])sc3s2)=[N+]([O-])C1(C)C. The Kier molecular flexibility index (Phi) is 4.18. The monoisotopic (exact) mass is 450 g/mol. The normalized spacial score (nSPS) is 24.6. The Morgan fingerprint density at radius 1 is 0.733 bits per heavy atom. The maximum absolute atomic E-state index is 12.9. The number of fused-ring (bicyclic) bond motifs is 1. The van der Waals surface area contributed by atoms with E-state index in [1.54, 1.807) is 67.5 Å². The van der Waals surface area contributed by atoms with Gasteiger partial charge in [-0.3, -0.25) is 9.48 Å². The van der Waals surface area contributed by atoms with E-state index in [4.69, 9.17) is 0 Å². The zero-order valence-corrected chi connectivity index (χ0v) is 20.0. The summed E-state index contributed by atoms with van der Waals surface area (Å²) in [5.41, 5.74) is -3.52. The summed E-state index contributed by atoms with van der Waals surface area (Å²) in [5, 5.41) is 54.0. The van der Waals surface area contributed by atoms with Crippen LogP contribution in [0.4, 0.5) is 0 Å². The smallest absolute Gasteiger partial charge is 0.326 e. The molecule has 2 radical (unpaired) electrons. The minimum atomic E-state index is -0.879. The van der Waals surface area contributed by atoms with E-state index in [0.29, 0.717) is 9.75 Å². The molecule has 0 aromatic carbocycles. The first kappa shape index (κ1) is 21.4. The molecule has 10 heteroatoms. The van der Waals surface area contributed by atoms with Crippen LogP contribution in [0.1, 0.15) is 65.1 Å². The minimum absolute atomic E-state index is 0.103. The third-order valence-electron chi connectivity index (χ3n) is 7.45. The quantitative estimate of drug-likeness (QED) is 0.511. The van der Waals surface area contributed by atoms with E-state index < -0.39 is 22.2 Å². The molecule has 0 unspecified atom stereocenters. The fourth-order valence-corrected chi connectivity index (χ4v) is 6.14. The van der Waals surface area contributed by atoms with Gasteiger partial charge in [0.25, 0.3) is 0 Å². The summed E-state index contributed by atoms with van der Waals surface area (Å²) in [4.78, 5) is 1.17. The second-order valence-corrected chi connectivity index (χ2v) is 12.4. The Morgan fingerprint density at radius 3 is 1.30 bits per heavy atom. The second kappa shape index (κ2) is 5.87. The molecule has 4 rings (SSSR count).